The molecule has 9 aromatic carbocycles. The number of benzene rings is 9. The molecule has 2 aliphatic carbocycles. The fraction of sp³-hybridized carbons (Fsp3) is 0.0182. The van der Waals surface area contributed by atoms with Gasteiger partial charge in [0.1, 0.15) is 0 Å². The molecule has 0 radical (unpaired) electrons. The van der Waals surface area contributed by atoms with E-state index in [0.717, 1.165) is 34.1 Å². The number of fused-ring (bicyclic) bond motifs is 10. The molecule has 0 bridgehead atoms. The van der Waals surface area contributed by atoms with Gasteiger partial charge in [-0.2, -0.15) is 0 Å². The predicted molar refractivity (Wildman–Crippen MR) is 238 cm³/mol. The third-order valence-corrected chi connectivity index (χ3v) is 11.8. The lowest BCUT2D eigenvalue weighted by Gasteiger charge is -2.32. The first-order chi connectivity index (χ1) is 28.3. The smallest absolute Gasteiger partial charge is 0.0726 e. The first kappa shape index (κ1) is 33.0. The highest BCUT2D eigenvalue weighted by atomic mass is 15.1. The Bertz CT molecular complexity index is 2810. The lowest BCUT2D eigenvalue weighted by Crippen LogP contribution is -2.26. The molecule has 9 aromatic rings. The lowest BCUT2D eigenvalue weighted by molar-refractivity contribution is 0.794. The van der Waals surface area contributed by atoms with E-state index in [1.54, 1.807) is 0 Å². The van der Waals surface area contributed by atoms with Crippen LogP contribution in [0.4, 0.5) is 34.1 Å². The quantitative estimate of drug-likeness (QED) is 0.161. The first-order valence-corrected chi connectivity index (χ1v) is 19.7. The molecule has 2 aliphatic rings. The van der Waals surface area contributed by atoms with Gasteiger partial charge >= 0.3 is 0 Å². The molecule has 0 saturated heterocycles. The summed E-state index contributed by atoms with van der Waals surface area (Å²) in [6, 6.07) is 84.0. The van der Waals surface area contributed by atoms with Crippen molar-refractivity contribution in [2.24, 2.45) is 0 Å². The molecule has 1 unspecified atom stereocenters. The number of hydrogen-bond acceptors (Lipinski definition) is 2. The van der Waals surface area contributed by atoms with Gasteiger partial charge in [-0.15, -0.1) is 0 Å². The van der Waals surface area contributed by atoms with Gasteiger partial charge in [-0.05, 0) is 134 Å². The highest BCUT2D eigenvalue weighted by Crippen LogP contribution is 2.63. The number of rotatable bonds is 7. The molecule has 0 amide bonds. The summed E-state index contributed by atoms with van der Waals surface area (Å²) in [4.78, 5) is 4.69. The predicted octanol–water partition coefficient (Wildman–Crippen LogP) is 14.6. The minimum atomic E-state index is -0.457. The normalized spacial score (nSPS) is 14.4. The average molecular weight is 727 g/mol. The molecular weight excluding hydrogens is 689 g/mol. The van der Waals surface area contributed by atoms with Crippen molar-refractivity contribution >= 4 is 34.1 Å². The molecule has 1 spiro atoms. The van der Waals surface area contributed by atoms with Crippen molar-refractivity contribution in [2.45, 2.75) is 5.41 Å². The maximum atomic E-state index is 2.46. The van der Waals surface area contributed by atoms with Gasteiger partial charge < -0.3 is 9.80 Å². The Morgan fingerprint density at radius 2 is 0.596 bits per heavy atom. The zero-order chi connectivity index (χ0) is 37.8. The molecule has 0 saturated carbocycles. The molecule has 0 aliphatic heterocycles. The van der Waals surface area contributed by atoms with E-state index in [1.807, 2.05) is 0 Å². The fourth-order valence-electron chi connectivity index (χ4n) is 9.46. The van der Waals surface area contributed by atoms with Crippen LogP contribution in [-0.4, -0.2) is 0 Å². The molecule has 2 heteroatoms. The van der Waals surface area contributed by atoms with Gasteiger partial charge in [-0.25, -0.2) is 0 Å². The van der Waals surface area contributed by atoms with Crippen molar-refractivity contribution in [1.29, 1.82) is 0 Å². The Balaban J connectivity index is 1.06. The summed E-state index contributed by atoms with van der Waals surface area (Å²) in [6.45, 7) is 0. The maximum absolute atomic E-state index is 2.46. The van der Waals surface area contributed by atoms with E-state index in [1.165, 1.54) is 55.6 Å². The molecular formula is C55H38N2. The van der Waals surface area contributed by atoms with E-state index in [9.17, 15) is 0 Å². The van der Waals surface area contributed by atoms with Crippen LogP contribution in [0.5, 0.6) is 0 Å². The Kier molecular flexibility index (Phi) is 7.75. The summed E-state index contributed by atoms with van der Waals surface area (Å²) in [5.41, 5.74) is 19.2. The minimum Gasteiger partial charge on any atom is -0.311 e. The van der Waals surface area contributed by atoms with Crippen molar-refractivity contribution in [3.63, 3.8) is 0 Å². The van der Waals surface area contributed by atoms with Gasteiger partial charge in [-0.1, -0.05) is 152 Å². The summed E-state index contributed by atoms with van der Waals surface area (Å²) in [7, 11) is 0. The summed E-state index contributed by atoms with van der Waals surface area (Å²) in [5, 5.41) is 0. The zero-order valence-corrected chi connectivity index (χ0v) is 31.3. The van der Waals surface area contributed by atoms with Crippen LogP contribution in [0.3, 0.4) is 0 Å². The standard InChI is InChI=1S/C55H38N2/c1-5-17-41(18-6-1)56(42-19-7-2-8-20-42)45-32-29-39(30-33-45)40-31-36-53-50(37-40)48-26-14-16-28-52(48)55(53)51-27-15-13-25-47(51)49-35-34-46(38-54(49)55)57(43-21-9-3-10-22-43)44-23-11-4-12-24-44/h1-38H. The summed E-state index contributed by atoms with van der Waals surface area (Å²) >= 11 is 0. The zero-order valence-electron chi connectivity index (χ0n) is 31.3. The van der Waals surface area contributed by atoms with Gasteiger partial charge in [0.15, 0.2) is 0 Å². The number of para-hydroxylation sites is 4. The number of anilines is 6. The summed E-state index contributed by atoms with van der Waals surface area (Å²) in [5.74, 6) is 0. The molecule has 11 rings (SSSR count). The highest BCUT2D eigenvalue weighted by molar-refractivity contribution is 5.97. The number of nitrogens with zero attached hydrogens (tertiary/aromatic N) is 2. The van der Waals surface area contributed by atoms with E-state index in [-0.39, 0.29) is 0 Å². The summed E-state index contributed by atoms with van der Waals surface area (Å²) in [6.07, 6.45) is 0. The second-order valence-corrected chi connectivity index (χ2v) is 14.9. The van der Waals surface area contributed by atoms with E-state index < -0.39 is 5.41 Å². The van der Waals surface area contributed by atoms with Crippen molar-refractivity contribution < 1.29 is 0 Å². The van der Waals surface area contributed by atoms with Crippen LogP contribution in [0.15, 0.2) is 231 Å². The van der Waals surface area contributed by atoms with Gasteiger partial charge in [0.2, 0.25) is 0 Å². The van der Waals surface area contributed by atoms with Gasteiger partial charge in [-0.3, -0.25) is 0 Å². The first-order valence-electron chi connectivity index (χ1n) is 19.7. The van der Waals surface area contributed by atoms with E-state index in [4.69, 9.17) is 0 Å². The van der Waals surface area contributed by atoms with E-state index in [2.05, 4.69) is 240 Å². The molecule has 0 fully saturated rings. The van der Waals surface area contributed by atoms with Crippen LogP contribution >= 0.6 is 0 Å². The van der Waals surface area contributed by atoms with Crippen molar-refractivity contribution in [1.82, 2.24) is 0 Å². The van der Waals surface area contributed by atoms with Crippen LogP contribution in [0.25, 0.3) is 33.4 Å². The largest absolute Gasteiger partial charge is 0.311 e. The van der Waals surface area contributed by atoms with Crippen LogP contribution < -0.4 is 9.80 Å². The van der Waals surface area contributed by atoms with Crippen LogP contribution in [0.1, 0.15) is 22.3 Å². The van der Waals surface area contributed by atoms with Gasteiger partial charge in [0.05, 0.1) is 5.41 Å². The lowest BCUT2D eigenvalue weighted by atomic mass is 9.70. The van der Waals surface area contributed by atoms with Crippen molar-refractivity contribution in [2.75, 3.05) is 9.80 Å². The Hall–Kier alpha value is -7.42. The van der Waals surface area contributed by atoms with Crippen molar-refractivity contribution in [3.8, 4) is 33.4 Å². The Labute approximate surface area is 334 Å². The molecule has 0 heterocycles. The Morgan fingerprint density at radius 1 is 0.228 bits per heavy atom. The van der Waals surface area contributed by atoms with E-state index >= 15 is 0 Å². The van der Waals surface area contributed by atoms with Crippen LogP contribution in [0, 0.1) is 0 Å². The van der Waals surface area contributed by atoms with Crippen LogP contribution in [0.2, 0.25) is 0 Å². The second kappa shape index (κ2) is 13.4. The molecule has 0 aromatic heterocycles. The fourth-order valence-corrected chi connectivity index (χ4v) is 9.46. The van der Waals surface area contributed by atoms with E-state index in [0.29, 0.717) is 0 Å². The third kappa shape index (κ3) is 5.18. The maximum Gasteiger partial charge on any atom is 0.0726 e. The molecule has 0 N–H and O–H groups in total. The Morgan fingerprint density at radius 3 is 1.12 bits per heavy atom. The monoisotopic (exact) mass is 726 g/mol. The highest BCUT2D eigenvalue weighted by Gasteiger charge is 2.51. The molecule has 2 nitrogen and oxygen atoms in total. The average Bonchev–Trinajstić information content (AvgIpc) is 3.75. The third-order valence-electron chi connectivity index (χ3n) is 11.8. The molecule has 1 atom stereocenters. The van der Waals surface area contributed by atoms with Crippen molar-refractivity contribution in [3.05, 3.63) is 253 Å². The van der Waals surface area contributed by atoms with Gasteiger partial charge in [0, 0.05) is 34.1 Å². The molecule has 268 valence electrons. The SMILES string of the molecule is c1ccc(N(c2ccccc2)c2ccc(-c3ccc4c(c3)-c3ccccc3C43c4ccccc4-c4ccc(N(c5ccccc5)c5ccccc5)cc43)cc2)cc1. The number of hydrogen-bond donors (Lipinski definition) is 0. The summed E-state index contributed by atoms with van der Waals surface area (Å²) < 4.78 is 0. The topological polar surface area (TPSA) is 6.48 Å². The second-order valence-electron chi connectivity index (χ2n) is 14.9. The minimum absolute atomic E-state index is 0.457. The molecule has 57 heavy (non-hydrogen) atoms. The van der Waals surface area contributed by atoms with Crippen LogP contribution in [-0.2, 0) is 5.41 Å². The van der Waals surface area contributed by atoms with Gasteiger partial charge in [0.25, 0.3) is 0 Å².